The summed E-state index contributed by atoms with van der Waals surface area (Å²) in [5.41, 5.74) is 2.20. The molecule has 1 N–H and O–H groups in total. The molecule has 0 bridgehead atoms. The van der Waals surface area contributed by atoms with Crippen molar-refractivity contribution in [3.63, 3.8) is 0 Å². The zero-order valence-electron chi connectivity index (χ0n) is 14.5. The molecule has 0 aliphatic rings. The molecule has 1 atom stereocenters. The number of rotatable bonds is 7. The number of hydrogen-bond acceptors (Lipinski definition) is 6. The fraction of sp³-hybridized carbons (Fsp3) is 0.316. The molecule has 0 saturated heterocycles. The van der Waals surface area contributed by atoms with Gasteiger partial charge in [0.05, 0.1) is 7.11 Å². The highest BCUT2D eigenvalue weighted by Crippen LogP contribution is 2.29. The molecule has 6 nitrogen and oxygen atoms in total. The molecule has 6 heteroatoms. The Bertz CT molecular complexity index is 821. The summed E-state index contributed by atoms with van der Waals surface area (Å²) in [5, 5.41) is 21.3. The van der Waals surface area contributed by atoms with E-state index in [4.69, 9.17) is 20.0 Å². The van der Waals surface area contributed by atoms with Gasteiger partial charge in [-0.2, -0.15) is 10.5 Å². The lowest BCUT2D eigenvalue weighted by Crippen LogP contribution is -2.13. The third-order valence-corrected chi connectivity index (χ3v) is 3.69. The van der Waals surface area contributed by atoms with Crippen LogP contribution >= 0.6 is 0 Å². The van der Waals surface area contributed by atoms with Crippen LogP contribution in [0, 0.1) is 29.6 Å². The molecule has 128 valence electrons. The molecule has 0 saturated carbocycles. The first-order valence-corrected chi connectivity index (χ1v) is 7.96. The summed E-state index contributed by atoms with van der Waals surface area (Å²) < 4.78 is 11.0. The molecule has 1 heterocycles. The Morgan fingerprint density at radius 3 is 2.64 bits per heavy atom. The Kier molecular flexibility index (Phi) is 6.20. The van der Waals surface area contributed by atoms with Crippen molar-refractivity contribution in [1.29, 1.82) is 10.5 Å². The van der Waals surface area contributed by atoms with Crippen LogP contribution in [0.5, 0.6) is 11.5 Å². The van der Waals surface area contributed by atoms with Gasteiger partial charge in [-0.1, -0.05) is 19.1 Å². The van der Waals surface area contributed by atoms with Crippen molar-refractivity contribution in [2.45, 2.75) is 32.9 Å². The van der Waals surface area contributed by atoms with Crippen LogP contribution in [0.25, 0.3) is 0 Å². The number of anilines is 1. The van der Waals surface area contributed by atoms with Crippen molar-refractivity contribution in [2.24, 2.45) is 0 Å². The molecule has 0 fully saturated rings. The predicted octanol–water partition coefficient (Wildman–Crippen LogP) is 3.56. The first-order chi connectivity index (χ1) is 12.1. The lowest BCUT2D eigenvalue weighted by atomic mass is 10.2. The van der Waals surface area contributed by atoms with Gasteiger partial charge < -0.3 is 14.8 Å². The number of hydrogen-bond donors (Lipinski definition) is 1. The maximum absolute atomic E-state index is 9.08. The average Bonchev–Trinajstić information content (AvgIpc) is 2.65. The molecule has 2 aromatic rings. The predicted molar refractivity (Wildman–Crippen MR) is 94.3 cm³/mol. The smallest absolute Gasteiger partial charge is 0.184 e. The van der Waals surface area contributed by atoms with E-state index in [-0.39, 0.29) is 0 Å². The minimum absolute atomic E-state index is 0.406. The molecule has 1 unspecified atom stereocenters. The third kappa shape index (κ3) is 4.62. The first-order valence-electron chi connectivity index (χ1n) is 7.96. The van der Waals surface area contributed by atoms with Gasteiger partial charge in [-0.05, 0) is 42.7 Å². The molecular weight excluding hydrogens is 316 g/mol. The number of benzene rings is 1. The zero-order valence-corrected chi connectivity index (χ0v) is 14.5. The minimum atomic E-state index is -0.519. The lowest BCUT2D eigenvalue weighted by Gasteiger charge is -2.15. The number of aromatic nitrogens is 1. The maximum Gasteiger partial charge on any atom is 0.184 e. The molecule has 0 spiro atoms. The van der Waals surface area contributed by atoms with Crippen LogP contribution in [0.4, 0.5) is 5.82 Å². The van der Waals surface area contributed by atoms with Crippen molar-refractivity contribution in [3.05, 3.63) is 47.2 Å². The molecule has 2 rings (SSSR count). The summed E-state index contributed by atoms with van der Waals surface area (Å²) in [7, 11) is 1.56. The van der Waals surface area contributed by atoms with Crippen LogP contribution < -0.4 is 14.8 Å². The highest BCUT2D eigenvalue weighted by molar-refractivity contribution is 5.46. The largest absolute Gasteiger partial charge is 0.493 e. The van der Waals surface area contributed by atoms with Gasteiger partial charge in [0.1, 0.15) is 23.7 Å². The first kappa shape index (κ1) is 18.1. The Morgan fingerprint density at radius 2 is 2.00 bits per heavy atom. The summed E-state index contributed by atoms with van der Waals surface area (Å²) in [6.45, 7) is 4.24. The number of aryl methyl sites for hydroxylation is 1. The van der Waals surface area contributed by atoms with Crippen LogP contribution in [0.15, 0.2) is 30.3 Å². The van der Waals surface area contributed by atoms with Gasteiger partial charge in [-0.15, -0.1) is 0 Å². The van der Waals surface area contributed by atoms with Gasteiger partial charge in [0.25, 0.3) is 0 Å². The Labute approximate surface area is 147 Å². The maximum atomic E-state index is 9.08. The van der Waals surface area contributed by atoms with E-state index in [9.17, 15) is 0 Å². The number of pyridine rings is 1. The van der Waals surface area contributed by atoms with Crippen LogP contribution in [-0.2, 0) is 6.54 Å². The van der Waals surface area contributed by atoms with E-state index in [1.165, 1.54) is 0 Å². The van der Waals surface area contributed by atoms with Crippen molar-refractivity contribution in [3.8, 4) is 23.6 Å². The summed E-state index contributed by atoms with van der Waals surface area (Å²) in [4.78, 5) is 4.27. The average molecular weight is 336 g/mol. The van der Waals surface area contributed by atoms with E-state index in [1.54, 1.807) is 13.2 Å². The fourth-order valence-corrected chi connectivity index (χ4v) is 2.21. The van der Waals surface area contributed by atoms with Gasteiger partial charge in [0, 0.05) is 6.54 Å². The quantitative estimate of drug-likeness (QED) is 0.831. The number of nitrogens with one attached hydrogen (secondary N) is 1. The van der Waals surface area contributed by atoms with E-state index in [0.717, 1.165) is 11.1 Å². The zero-order chi connectivity index (χ0) is 18.2. The third-order valence-electron chi connectivity index (χ3n) is 3.69. The highest BCUT2D eigenvalue weighted by atomic mass is 16.5. The van der Waals surface area contributed by atoms with Gasteiger partial charge in [0.15, 0.2) is 17.6 Å². The second-order valence-electron chi connectivity index (χ2n) is 5.46. The van der Waals surface area contributed by atoms with Crippen molar-refractivity contribution in [1.82, 2.24) is 4.98 Å². The fourth-order valence-electron chi connectivity index (χ4n) is 2.21. The standard InChI is InChI=1S/C19H20N4O2/c1-4-15(10-20)25-18-9-14(6-7-17(18)24-3)12-22-19-8-5-13(2)16(11-21)23-19/h5-9,15H,4,12H2,1-3H3,(H,22,23). The molecule has 1 aromatic carbocycles. The summed E-state index contributed by atoms with van der Waals surface area (Å²) >= 11 is 0. The highest BCUT2D eigenvalue weighted by Gasteiger charge is 2.12. The lowest BCUT2D eigenvalue weighted by molar-refractivity contribution is 0.238. The van der Waals surface area contributed by atoms with Crippen LogP contribution in [0.2, 0.25) is 0 Å². The van der Waals surface area contributed by atoms with Crippen molar-refractivity contribution in [2.75, 3.05) is 12.4 Å². The molecule has 0 amide bonds. The summed E-state index contributed by atoms with van der Waals surface area (Å²) in [5.74, 6) is 1.74. The van der Waals surface area contributed by atoms with Crippen LogP contribution in [0.1, 0.15) is 30.2 Å². The van der Waals surface area contributed by atoms with Crippen LogP contribution in [-0.4, -0.2) is 18.2 Å². The Morgan fingerprint density at radius 1 is 1.20 bits per heavy atom. The second-order valence-corrected chi connectivity index (χ2v) is 5.46. The van der Waals surface area contributed by atoms with E-state index >= 15 is 0 Å². The van der Waals surface area contributed by atoms with Gasteiger partial charge in [-0.25, -0.2) is 4.98 Å². The van der Waals surface area contributed by atoms with E-state index < -0.39 is 6.10 Å². The SMILES string of the molecule is CCC(C#N)Oc1cc(CNc2ccc(C)c(C#N)n2)ccc1OC. The van der Waals surface area contributed by atoms with Gasteiger partial charge >= 0.3 is 0 Å². The summed E-state index contributed by atoms with van der Waals surface area (Å²) in [6.07, 6.45) is 0.0703. The number of nitriles is 2. The monoisotopic (exact) mass is 336 g/mol. The van der Waals surface area contributed by atoms with Crippen LogP contribution in [0.3, 0.4) is 0 Å². The van der Waals surface area contributed by atoms with Crippen molar-refractivity contribution >= 4 is 5.82 Å². The molecule has 1 aromatic heterocycles. The Hall–Kier alpha value is -3.25. The number of methoxy groups -OCH3 is 1. The number of ether oxygens (including phenoxy) is 2. The van der Waals surface area contributed by atoms with E-state index in [2.05, 4.69) is 22.4 Å². The molecular formula is C19H20N4O2. The van der Waals surface area contributed by atoms with Gasteiger partial charge in [0.2, 0.25) is 0 Å². The molecule has 0 aliphatic heterocycles. The van der Waals surface area contributed by atoms with E-state index in [0.29, 0.717) is 36.0 Å². The topological polar surface area (TPSA) is 91.0 Å². The molecule has 0 radical (unpaired) electrons. The summed E-state index contributed by atoms with van der Waals surface area (Å²) in [6, 6.07) is 13.4. The molecule has 0 aliphatic carbocycles. The van der Waals surface area contributed by atoms with Gasteiger partial charge in [-0.3, -0.25) is 0 Å². The second kappa shape index (κ2) is 8.56. The molecule has 25 heavy (non-hydrogen) atoms. The van der Waals surface area contributed by atoms with Crippen molar-refractivity contribution < 1.29 is 9.47 Å². The minimum Gasteiger partial charge on any atom is -0.493 e. The Balaban J connectivity index is 2.15. The van der Waals surface area contributed by atoms with E-state index in [1.807, 2.05) is 38.1 Å². The number of nitrogens with zero attached hydrogens (tertiary/aromatic N) is 3. The normalized spacial score (nSPS) is 11.1.